The molecule has 0 spiro atoms. The number of aliphatic hydroxyl groups excluding tert-OH is 1. The summed E-state index contributed by atoms with van der Waals surface area (Å²) in [5.41, 5.74) is -0.161. The second kappa shape index (κ2) is 3.39. The fraction of sp³-hybridized carbons (Fsp3) is 0.571. The van der Waals surface area contributed by atoms with Gasteiger partial charge < -0.3 is 10.1 Å². The van der Waals surface area contributed by atoms with E-state index in [0.717, 1.165) is 6.42 Å². The van der Waals surface area contributed by atoms with Gasteiger partial charge in [-0.1, -0.05) is 6.92 Å². The summed E-state index contributed by atoms with van der Waals surface area (Å²) >= 11 is 0. The maximum atomic E-state index is 11.0. The topological polar surface area (TPSA) is 58.0 Å². The van der Waals surface area contributed by atoms with Crippen LogP contribution in [0.1, 0.15) is 19.4 Å². The number of aromatic amines is 1. The third-order valence-electron chi connectivity index (χ3n) is 1.75. The predicted octanol–water partition coefficient (Wildman–Crippen LogP) is 0.120. The van der Waals surface area contributed by atoms with Crippen molar-refractivity contribution in [1.82, 2.24) is 9.55 Å². The van der Waals surface area contributed by atoms with E-state index in [0.29, 0.717) is 0 Å². The first kappa shape index (κ1) is 8.07. The summed E-state index contributed by atoms with van der Waals surface area (Å²) in [5.74, 6) is 0. The molecule has 0 amide bonds. The molecule has 4 heteroatoms. The Bertz CT molecular complexity index is 259. The van der Waals surface area contributed by atoms with Crippen molar-refractivity contribution in [2.45, 2.75) is 19.4 Å². The monoisotopic (exact) mass is 156 g/mol. The standard InChI is InChI=1S/C7H12N2O2/c1-2-6(5-10)9-4-3-8-7(9)11/h3-4,6,10H,2,5H2,1H3,(H,8,11)/t6-/m1/s1. The van der Waals surface area contributed by atoms with Crippen LogP contribution < -0.4 is 5.69 Å². The number of hydrogen-bond donors (Lipinski definition) is 2. The van der Waals surface area contributed by atoms with E-state index in [4.69, 9.17) is 5.11 Å². The summed E-state index contributed by atoms with van der Waals surface area (Å²) in [6.45, 7) is 1.94. The molecule has 0 fully saturated rings. The molecule has 1 atom stereocenters. The van der Waals surface area contributed by atoms with Crippen LogP contribution in [0, 0.1) is 0 Å². The third-order valence-corrected chi connectivity index (χ3v) is 1.75. The van der Waals surface area contributed by atoms with Gasteiger partial charge in [0.2, 0.25) is 0 Å². The van der Waals surface area contributed by atoms with Crippen molar-refractivity contribution in [3.05, 3.63) is 22.9 Å². The molecule has 0 aliphatic heterocycles. The van der Waals surface area contributed by atoms with Gasteiger partial charge in [-0.2, -0.15) is 0 Å². The van der Waals surface area contributed by atoms with Gasteiger partial charge in [0.25, 0.3) is 0 Å². The summed E-state index contributed by atoms with van der Waals surface area (Å²) in [7, 11) is 0. The molecule has 1 aromatic rings. The summed E-state index contributed by atoms with van der Waals surface area (Å²) in [6.07, 6.45) is 3.97. The smallest absolute Gasteiger partial charge is 0.325 e. The van der Waals surface area contributed by atoms with Crippen LogP contribution in [0.15, 0.2) is 17.2 Å². The first-order chi connectivity index (χ1) is 5.29. The Morgan fingerprint density at radius 2 is 2.55 bits per heavy atom. The zero-order valence-corrected chi connectivity index (χ0v) is 6.45. The highest BCUT2D eigenvalue weighted by Gasteiger charge is 2.07. The van der Waals surface area contributed by atoms with Crippen molar-refractivity contribution in [1.29, 1.82) is 0 Å². The number of H-pyrrole nitrogens is 1. The molecule has 4 nitrogen and oxygen atoms in total. The fourth-order valence-corrected chi connectivity index (χ4v) is 1.03. The highest BCUT2D eigenvalue weighted by Crippen LogP contribution is 2.05. The lowest BCUT2D eigenvalue weighted by atomic mass is 10.2. The van der Waals surface area contributed by atoms with Gasteiger partial charge in [-0.3, -0.25) is 4.57 Å². The van der Waals surface area contributed by atoms with Crippen LogP contribution in [0.25, 0.3) is 0 Å². The molecule has 2 N–H and O–H groups in total. The van der Waals surface area contributed by atoms with Gasteiger partial charge in [-0.05, 0) is 6.42 Å². The molecule has 0 saturated carbocycles. The van der Waals surface area contributed by atoms with Gasteiger partial charge >= 0.3 is 5.69 Å². The van der Waals surface area contributed by atoms with Crippen molar-refractivity contribution in [2.75, 3.05) is 6.61 Å². The molecular formula is C7H12N2O2. The second-order valence-corrected chi connectivity index (χ2v) is 2.42. The molecule has 0 unspecified atom stereocenters. The Kier molecular flexibility index (Phi) is 2.48. The normalized spacial score (nSPS) is 13.3. The second-order valence-electron chi connectivity index (χ2n) is 2.42. The molecule has 0 bridgehead atoms. The van der Waals surface area contributed by atoms with Crippen LogP contribution in [0.2, 0.25) is 0 Å². The molecule has 62 valence electrons. The highest BCUT2D eigenvalue weighted by molar-refractivity contribution is 4.80. The Morgan fingerprint density at radius 3 is 2.91 bits per heavy atom. The van der Waals surface area contributed by atoms with Crippen molar-refractivity contribution in [3.8, 4) is 0 Å². The fourth-order valence-electron chi connectivity index (χ4n) is 1.03. The summed E-state index contributed by atoms with van der Waals surface area (Å²) in [4.78, 5) is 13.5. The molecule has 0 radical (unpaired) electrons. The number of imidazole rings is 1. The minimum atomic E-state index is -0.161. The quantitative estimate of drug-likeness (QED) is 0.653. The average molecular weight is 156 g/mol. The minimum absolute atomic E-state index is 0.00819. The minimum Gasteiger partial charge on any atom is -0.394 e. The van der Waals surface area contributed by atoms with Crippen LogP contribution in [0.4, 0.5) is 0 Å². The van der Waals surface area contributed by atoms with Crippen LogP contribution in [0.5, 0.6) is 0 Å². The van der Waals surface area contributed by atoms with E-state index >= 15 is 0 Å². The molecule has 1 rings (SSSR count). The van der Waals surface area contributed by atoms with E-state index in [1.54, 1.807) is 12.4 Å². The zero-order chi connectivity index (χ0) is 8.27. The van der Waals surface area contributed by atoms with E-state index in [9.17, 15) is 4.79 Å². The van der Waals surface area contributed by atoms with Gasteiger partial charge in [-0.25, -0.2) is 4.79 Å². The van der Waals surface area contributed by atoms with Gasteiger partial charge in [-0.15, -0.1) is 0 Å². The van der Waals surface area contributed by atoms with Crippen LogP contribution in [-0.2, 0) is 0 Å². The Morgan fingerprint density at radius 1 is 1.82 bits per heavy atom. The molecule has 1 aromatic heterocycles. The van der Waals surface area contributed by atoms with E-state index in [2.05, 4.69) is 4.98 Å². The molecule has 11 heavy (non-hydrogen) atoms. The maximum absolute atomic E-state index is 11.0. The molecule has 0 aliphatic carbocycles. The van der Waals surface area contributed by atoms with Crippen molar-refractivity contribution in [2.24, 2.45) is 0 Å². The molecule has 1 heterocycles. The lowest BCUT2D eigenvalue weighted by Gasteiger charge is -2.10. The van der Waals surface area contributed by atoms with Gasteiger partial charge in [0.15, 0.2) is 0 Å². The van der Waals surface area contributed by atoms with Crippen LogP contribution in [-0.4, -0.2) is 21.3 Å². The Labute approximate surface area is 64.5 Å². The van der Waals surface area contributed by atoms with Gasteiger partial charge in [0.05, 0.1) is 12.6 Å². The summed E-state index contributed by atoms with van der Waals surface area (Å²) in [6, 6.07) is -0.0891. The third kappa shape index (κ3) is 1.51. The van der Waals surface area contributed by atoms with Crippen LogP contribution >= 0.6 is 0 Å². The predicted molar refractivity (Wildman–Crippen MR) is 41.5 cm³/mol. The number of aliphatic hydroxyl groups is 1. The van der Waals surface area contributed by atoms with E-state index in [1.165, 1.54) is 4.57 Å². The maximum Gasteiger partial charge on any atom is 0.325 e. The zero-order valence-electron chi connectivity index (χ0n) is 6.45. The summed E-state index contributed by atoms with van der Waals surface area (Å²) in [5, 5.41) is 8.85. The Hall–Kier alpha value is -1.03. The van der Waals surface area contributed by atoms with Gasteiger partial charge in [0, 0.05) is 12.4 Å². The largest absolute Gasteiger partial charge is 0.394 e. The van der Waals surface area contributed by atoms with E-state index < -0.39 is 0 Å². The van der Waals surface area contributed by atoms with Gasteiger partial charge in [0.1, 0.15) is 0 Å². The lowest BCUT2D eigenvalue weighted by molar-refractivity contribution is 0.222. The molecule has 0 saturated heterocycles. The number of nitrogens with one attached hydrogen (secondary N) is 1. The van der Waals surface area contributed by atoms with E-state index in [1.807, 2.05) is 6.92 Å². The first-order valence-electron chi connectivity index (χ1n) is 3.66. The van der Waals surface area contributed by atoms with Crippen molar-refractivity contribution >= 4 is 0 Å². The van der Waals surface area contributed by atoms with E-state index in [-0.39, 0.29) is 18.3 Å². The summed E-state index contributed by atoms with van der Waals surface area (Å²) < 4.78 is 1.50. The first-order valence-corrected chi connectivity index (χ1v) is 3.66. The highest BCUT2D eigenvalue weighted by atomic mass is 16.3. The van der Waals surface area contributed by atoms with Crippen molar-refractivity contribution in [3.63, 3.8) is 0 Å². The van der Waals surface area contributed by atoms with Crippen molar-refractivity contribution < 1.29 is 5.11 Å². The Balaban J connectivity index is 2.90. The number of hydrogen-bond acceptors (Lipinski definition) is 2. The molecule has 0 aromatic carbocycles. The lowest BCUT2D eigenvalue weighted by Crippen LogP contribution is -2.23. The molecular weight excluding hydrogens is 144 g/mol. The average Bonchev–Trinajstić information content (AvgIpc) is 2.40. The number of rotatable bonds is 3. The number of nitrogens with zero attached hydrogens (tertiary/aromatic N) is 1. The SMILES string of the molecule is CC[C@H](CO)n1cc[nH]c1=O. The molecule has 0 aliphatic rings. The number of aromatic nitrogens is 2. The van der Waals surface area contributed by atoms with Crippen LogP contribution in [0.3, 0.4) is 0 Å².